The van der Waals surface area contributed by atoms with E-state index in [4.69, 9.17) is 49.0 Å². The lowest BCUT2D eigenvalue weighted by atomic mass is 9.88. The van der Waals surface area contributed by atoms with Crippen molar-refractivity contribution < 1.29 is 33.4 Å². The average molecular weight is 728 g/mol. The van der Waals surface area contributed by atoms with Crippen molar-refractivity contribution in [2.45, 2.75) is 46.8 Å². The first-order valence-electron chi connectivity index (χ1n) is 13.4. The van der Waals surface area contributed by atoms with Gasteiger partial charge in [-0.05, 0) is 61.9 Å². The molecule has 2 unspecified atom stereocenters. The Kier molecular flexibility index (Phi) is 11.2. The summed E-state index contributed by atoms with van der Waals surface area (Å²) in [5.74, 6) is -1.78. The molecule has 1 N–H and O–H groups in total. The van der Waals surface area contributed by atoms with Crippen LogP contribution in [0, 0.1) is 5.92 Å². The summed E-state index contributed by atoms with van der Waals surface area (Å²) in [7, 11) is 1.19. The Morgan fingerprint density at radius 2 is 1.79 bits per heavy atom. The average Bonchev–Trinajstić information content (AvgIpc) is 3.81. The van der Waals surface area contributed by atoms with Gasteiger partial charge in [-0.2, -0.15) is 0 Å². The van der Waals surface area contributed by atoms with Crippen LogP contribution >= 0.6 is 62.5 Å². The maximum absolute atomic E-state index is 14.2. The molecule has 1 saturated carbocycles. The Bertz CT molecular complexity index is 1210. The Morgan fingerprint density at radius 3 is 2.36 bits per heavy atom. The van der Waals surface area contributed by atoms with Crippen molar-refractivity contribution in [2.24, 2.45) is 5.92 Å². The zero-order valence-corrected chi connectivity index (χ0v) is 27.5. The fourth-order valence-electron chi connectivity index (χ4n) is 5.11. The lowest BCUT2D eigenvalue weighted by Crippen LogP contribution is -2.80. The smallest absolute Gasteiger partial charge is 0.369 e. The second-order valence-electron chi connectivity index (χ2n) is 10.1. The van der Waals surface area contributed by atoms with Crippen molar-refractivity contribution in [1.82, 2.24) is 15.1 Å². The monoisotopic (exact) mass is 725 g/mol. The van der Waals surface area contributed by atoms with Crippen LogP contribution in [0.15, 0.2) is 41.7 Å². The fourth-order valence-corrected chi connectivity index (χ4v) is 7.01. The number of para-hydroxylation sites is 1. The van der Waals surface area contributed by atoms with Crippen LogP contribution in [0.2, 0.25) is 0 Å². The number of rotatable bonds is 11. The quantitative estimate of drug-likeness (QED) is 0.111. The van der Waals surface area contributed by atoms with Gasteiger partial charge in [0.1, 0.15) is 12.4 Å². The van der Waals surface area contributed by atoms with E-state index in [-0.39, 0.29) is 16.9 Å². The minimum absolute atomic E-state index is 0.0131. The Morgan fingerprint density at radius 1 is 1.12 bits per heavy atom. The molecule has 42 heavy (non-hydrogen) atoms. The maximum Gasteiger partial charge on any atom is 0.369 e. The van der Waals surface area contributed by atoms with Crippen LogP contribution in [0.3, 0.4) is 0 Å². The Hall–Kier alpha value is -1.86. The Balaban J connectivity index is 1.70. The van der Waals surface area contributed by atoms with Gasteiger partial charge in [-0.15, -0.1) is 0 Å². The predicted octanol–water partition coefficient (Wildman–Crippen LogP) is 5.00. The summed E-state index contributed by atoms with van der Waals surface area (Å²) < 4.78 is 14.0. The van der Waals surface area contributed by atoms with Crippen LogP contribution in [0.5, 0.6) is 5.75 Å². The van der Waals surface area contributed by atoms with Crippen LogP contribution in [-0.4, -0.2) is 86.3 Å². The number of β-lactam (4-membered cyclic amide) rings is 1. The van der Waals surface area contributed by atoms with Gasteiger partial charge in [-0.3, -0.25) is 14.5 Å². The summed E-state index contributed by atoms with van der Waals surface area (Å²) in [6, 6.07) is 7.96. The van der Waals surface area contributed by atoms with Gasteiger partial charge >= 0.3 is 11.3 Å². The number of carbonyl (C=O) groups is 4. The summed E-state index contributed by atoms with van der Waals surface area (Å²) in [5, 5.41) is 2.22. The molecule has 230 valence electrons. The summed E-state index contributed by atoms with van der Waals surface area (Å²) in [4.78, 5) is 55.3. The number of hydrogen-bond donors (Lipinski definition) is 1. The van der Waals surface area contributed by atoms with E-state index in [2.05, 4.69) is 21.2 Å². The number of benzene rings is 1. The number of halogens is 4. The first-order chi connectivity index (χ1) is 20.0. The van der Waals surface area contributed by atoms with Gasteiger partial charge in [-0.25, -0.2) is 9.59 Å². The van der Waals surface area contributed by atoms with Gasteiger partial charge in [0.25, 0.3) is 11.8 Å². The third kappa shape index (κ3) is 7.80. The number of allylic oxidation sites excluding steroid dienone is 1. The SMILES string of the molecule is COC(=O)SC1(NC(=O)COc2ccccc2)C(=O)N(C(C(=O)OCC(Cl)(Cl)Cl)=C(CBr)N2CCCCC2)C1C1CC1. The molecule has 3 fully saturated rings. The molecule has 0 aromatic heterocycles. The minimum Gasteiger partial charge on any atom is -0.484 e. The molecule has 1 aromatic rings. The van der Waals surface area contributed by atoms with Crippen molar-refractivity contribution >= 4 is 85.6 Å². The molecule has 1 aliphatic carbocycles. The molecule has 1 aromatic carbocycles. The van der Waals surface area contributed by atoms with E-state index in [1.54, 1.807) is 24.3 Å². The van der Waals surface area contributed by atoms with E-state index in [0.29, 0.717) is 36.3 Å². The molecule has 0 radical (unpaired) electrons. The predicted molar refractivity (Wildman–Crippen MR) is 164 cm³/mol. The van der Waals surface area contributed by atoms with E-state index in [1.807, 2.05) is 11.0 Å². The highest BCUT2D eigenvalue weighted by Crippen LogP contribution is 2.54. The molecule has 15 heteroatoms. The van der Waals surface area contributed by atoms with Crippen LogP contribution < -0.4 is 10.1 Å². The number of likely N-dealkylation sites (tertiary alicyclic amines) is 2. The molecule has 2 saturated heterocycles. The molecule has 10 nitrogen and oxygen atoms in total. The van der Waals surface area contributed by atoms with Crippen molar-refractivity contribution in [3.8, 4) is 5.75 Å². The third-order valence-electron chi connectivity index (χ3n) is 7.09. The second kappa shape index (κ2) is 14.3. The first kappa shape index (κ1) is 33.0. The zero-order valence-electron chi connectivity index (χ0n) is 22.8. The number of carbonyl (C=O) groups excluding carboxylic acids is 4. The minimum atomic E-state index is -1.87. The number of esters is 1. The largest absolute Gasteiger partial charge is 0.484 e. The molecule has 2 heterocycles. The number of methoxy groups -OCH3 is 1. The normalized spacial score (nSPS) is 23.0. The number of nitrogens with one attached hydrogen (secondary N) is 1. The van der Waals surface area contributed by atoms with Crippen LogP contribution in [0.4, 0.5) is 4.79 Å². The standard InChI is InChI=1S/C27H31BrCl3N3O7S/c1-39-25(38)42-27(32-20(35)15-40-18-8-4-2-5-9-18)22(17-10-11-17)34(24(27)37)21(23(36)41-16-26(29,30)31)19(14-28)33-12-6-3-7-13-33/h2,4-5,8-9,17,22H,3,6-7,10-16H2,1H3,(H,32,35). The molecule has 3 aliphatic rings. The number of nitrogens with zero attached hydrogens (tertiary/aromatic N) is 2. The first-order valence-corrected chi connectivity index (χ1v) is 16.5. The molecule has 2 amide bonds. The van der Waals surface area contributed by atoms with Crippen molar-refractivity contribution in [1.29, 1.82) is 0 Å². The van der Waals surface area contributed by atoms with E-state index < -0.39 is 51.0 Å². The summed E-state index contributed by atoms with van der Waals surface area (Å²) in [6.45, 7) is 0.412. The van der Waals surface area contributed by atoms with Crippen LogP contribution in [0.25, 0.3) is 0 Å². The highest BCUT2D eigenvalue weighted by atomic mass is 79.9. The number of alkyl halides is 4. The van der Waals surface area contributed by atoms with E-state index in [0.717, 1.165) is 32.1 Å². The van der Waals surface area contributed by atoms with E-state index >= 15 is 0 Å². The molecule has 4 rings (SSSR count). The lowest BCUT2D eigenvalue weighted by molar-refractivity contribution is -0.160. The summed E-state index contributed by atoms with van der Waals surface area (Å²) in [5.41, 5.74) is 0.527. The van der Waals surface area contributed by atoms with Crippen molar-refractivity contribution in [3.05, 3.63) is 41.7 Å². The number of hydrogen-bond acceptors (Lipinski definition) is 9. The summed E-state index contributed by atoms with van der Waals surface area (Å²) in [6.07, 6.45) is 4.30. The van der Waals surface area contributed by atoms with Gasteiger partial charge in [0.2, 0.25) is 3.79 Å². The number of piperidine rings is 1. The molecular weight excluding hydrogens is 697 g/mol. The van der Waals surface area contributed by atoms with Crippen LogP contribution in [-0.2, 0) is 23.9 Å². The molecular formula is C27H31BrCl3N3O7S. The molecule has 0 spiro atoms. The zero-order chi connectivity index (χ0) is 30.5. The number of thioether (sulfide) groups is 1. The van der Waals surface area contributed by atoms with Gasteiger partial charge in [0.15, 0.2) is 17.2 Å². The topological polar surface area (TPSA) is 114 Å². The highest BCUT2D eigenvalue weighted by molar-refractivity contribution is 9.09. The number of amides is 2. The highest BCUT2D eigenvalue weighted by Gasteiger charge is 2.69. The van der Waals surface area contributed by atoms with E-state index in [1.165, 1.54) is 12.0 Å². The Labute approximate surface area is 271 Å². The van der Waals surface area contributed by atoms with Gasteiger partial charge < -0.3 is 24.4 Å². The third-order valence-corrected chi connectivity index (χ3v) is 9.12. The van der Waals surface area contributed by atoms with Gasteiger partial charge in [0, 0.05) is 18.4 Å². The molecule has 0 bridgehead atoms. The van der Waals surface area contributed by atoms with Crippen LogP contribution in [0.1, 0.15) is 32.1 Å². The van der Waals surface area contributed by atoms with Gasteiger partial charge in [-0.1, -0.05) is 68.9 Å². The fraction of sp³-hybridized carbons (Fsp3) is 0.556. The van der Waals surface area contributed by atoms with E-state index in [9.17, 15) is 19.2 Å². The van der Waals surface area contributed by atoms with Gasteiger partial charge in [0.05, 0.1) is 18.8 Å². The second-order valence-corrected chi connectivity index (χ2v) is 14.3. The molecule has 2 atom stereocenters. The molecule has 2 aliphatic heterocycles. The maximum atomic E-state index is 14.2. The van der Waals surface area contributed by atoms with Crippen molar-refractivity contribution in [3.63, 3.8) is 0 Å². The lowest BCUT2D eigenvalue weighted by Gasteiger charge is -2.55. The number of ether oxygens (including phenoxy) is 3. The van der Waals surface area contributed by atoms with Crippen molar-refractivity contribution in [2.75, 3.05) is 38.7 Å². The summed E-state index contributed by atoms with van der Waals surface area (Å²) >= 11 is 21.7.